The molecule has 1 aliphatic rings. The first-order valence-electron chi connectivity index (χ1n) is 6.39. The standard InChI is InChI=1S/C14H14F3NO3/c1-8-6-18(7-11(8)13(20)21)12(19)9-3-2-4-10(5-9)14(15,16)17/h2-5,8,11H,6-7H2,1H3,(H,20,21)/t8-,11-/m1/s1. The largest absolute Gasteiger partial charge is 0.481 e. The normalized spacial score (nSPS) is 22.4. The Morgan fingerprint density at radius 3 is 2.48 bits per heavy atom. The molecule has 1 aromatic carbocycles. The van der Waals surface area contributed by atoms with Crippen LogP contribution in [0.5, 0.6) is 0 Å². The molecule has 1 saturated heterocycles. The zero-order chi connectivity index (χ0) is 15.8. The van der Waals surface area contributed by atoms with E-state index in [1.807, 2.05) is 0 Å². The fourth-order valence-corrected chi connectivity index (χ4v) is 2.47. The van der Waals surface area contributed by atoms with Crippen molar-refractivity contribution in [3.63, 3.8) is 0 Å². The van der Waals surface area contributed by atoms with Gasteiger partial charge < -0.3 is 10.0 Å². The number of likely N-dealkylation sites (tertiary alicyclic amines) is 1. The average Bonchev–Trinajstić information content (AvgIpc) is 2.79. The highest BCUT2D eigenvalue weighted by atomic mass is 19.4. The Hall–Kier alpha value is -2.05. The monoisotopic (exact) mass is 301 g/mol. The highest BCUT2D eigenvalue weighted by molar-refractivity contribution is 5.95. The van der Waals surface area contributed by atoms with Crippen LogP contribution < -0.4 is 0 Å². The first-order valence-corrected chi connectivity index (χ1v) is 6.39. The summed E-state index contributed by atoms with van der Waals surface area (Å²) in [6.45, 7) is 1.95. The van der Waals surface area contributed by atoms with Crippen molar-refractivity contribution in [2.24, 2.45) is 11.8 Å². The Balaban J connectivity index is 2.20. The van der Waals surface area contributed by atoms with Gasteiger partial charge in [0.05, 0.1) is 11.5 Å². The van der Waals surface area contributed by atoms with Crippen LogP contribution in [0.3, 0.4) is 0 Å². The molecule has 0 bridgehead atoms. The van der Waals surface area contributed by atoms with Gasteiger partial charge in [-0.15, -0.1) is 0 Å². The summed E-state index contributed by atoms with van der Waals surface area (Å²) in [5, 5.41) is 9.02. The molecule has 1 N–H and O–H groups in total. The van der Waals surface area contributed by atoms with Gasteiger partial charge in [-0.2, -0.15) is 13.2 Å². The summed E-state index contributed by atoms with van der Waals surface area (Å²) in [5.41, 5.74) is -0.974. The number of hydrogen-bond donors (Lipinski definition) is 1. The van der Waals surface area contributed by atoms with Crippen LogP contribution in [0.1, 0.15) is 22.8 Å². The Kier molecular flexibility index (Phi) is 3.93. The van der Waals surface area contributed by atoms with Crippen LogP contribution in [-0.4, -0.2) is 35.0 Å². The third kappa shape index (κ3) is 3.17. The fraction of sp³-hybridized carbons (Fsp3) is 0.429. The Morgan fingerprint density at radius 1 is 1.29 bits per heavy atom. The molecule has 1 aromatic rings. The van der Waals surface area contributed by atoms with Gasteiger partial charge in [-0.3, -0.25) is 9.59 Å². The maximum atomic E-state index is 12.6. The third-order valence-electron chi connectivity index (χ3n) is 3.65. The number of rotatable bonds is 2. The molecule has 0 unspecified atom stereocenters. The van der Waals surface area contributed by atoms with Crippen LogP contribution in [-0.2, 0) is 11.0 Å². The topological polar surface area (TPSA) is 57.6 Å². The SMILES string of the molecule is C[C@@H]1CN(C(=O)c2cccc(C(F)(F)F)c2)C[C@H]1C(=O)O. The molecule has 1 fully saturated rings. The van der Waals surface area contributed by atoms with Crippen molar-refractivity contribution in [1.82, 2.24) is 4.90 Å². The number of carboxylic acids is 1. The number of amides is 1. The lowest BCUT2D eigenvalue weighted by Gasteiger charge is -2.17. The van der Waals surface area contributed by atoms with Crippen molar-refractivity contribution in [3.8, 4) is 0 Å². The molecule has 7 heteroatoms. The van der Waals surface area contributed by atoms with Gasteiger partial charge in [-0.25, -0.2) is 0 Å². The number of hydrogen-bond acceptors (Lipinski definition) is 2. The molecule has 1 amide bonds. The molecular weight excluding hydrogens is 287 g/mol. The Morgan fingerprint density at radius 2 is 1.95 bits per heavy atom. The molecule has 0 radical (unpaired) electrons. The van der Waals surface area contributed by atoms with Crippen molar-refractivity contribution < 1.29 is 27.9 Å². The van der Waals surface area contributed by atoms with E-state index < -0.39 is 29.5 Å². The predicted molar refractivity (Wildman–Crippen MR) is 67.6 cm³/mol. The van der Waals surface area contributed by atoms with Gasteiger partial charge in [0.1, 0.15) is 0 Å². The molecule has 2 rings (SSSR count). The summed E-state index contributed by atoms with van der Waals surface area (Å²) in [6, 6.07) is 4.16. The van der Waals surface area contributed by atoms with E-state index >= 15 is 0 Å². The van der Waals surface area contributed by atoms with E-state index in [0.717, 1.165) is 12.1 Å². The van der Waals surface area contributed by atoms with Gasteiger partial charge in [0, 0.05) is 18.7 Å². The number of carbonyl (C=O) groups is 2. The summed E-state index contributed by atoms with van der Waals surface area (Å²) in [5.74, 6) is -2.48. The minimum atomic E-state index is -4.52. The molecule has 114 valence electrons. The number of aliphatic carboxylic acids is 1. The number of halogens is 3. The number of carbonyl (C=O) groups excluding carboxylic acids is 1. The molecule has 0 spiro atoms. The highest BCUT2D eigenvalue weighted by Gasteiger charge is 2.38. The van der Waals surface area contributed by atoms with Crippen LogP contribution in [0.15, 0.2) is 24.3 Å². The number of alkyl halides is 3. The van der Waals surface area contributed by atoms with Crippen molar-refractivity contribution in [1.29, 1.82) is 0 Å². The van der Waals surface area contributed by atoms with Gasteiger partial charge in [0.15, 0.2) is 0 Å². The fourth-order valence-electron chi connectivity index (χ4n) is 2.47. The average molecular weight is 301 g/mol. The first kappa shape index (κ1) is 15.3. The van der Waals surface area contributed by atoms with Crippen LogP contribution in [0.2, 0.25) is 0 Å². The van der Waals surface area contributed by atoms with E-state index in [2.05, 4.69) is 0 Å². The molecule has 4 nitrogen and oxygen atoms in total. The van der Waals surface area contributed by atoms with E-state index in [0.29, 0.717) is 0 Å². The van der Waals surface area contributed by atoms with Crippen LogP contribution in [0, 0.1) is 11.8 Å². The second-order valence-electron chi connectivity index (χ2n) is 5.21. The molecule has 21 heavy (non-hydrogen) atoms. The van der Waals surface area contributed by atoms with Gasteiger partial charge in [0.2, 0.25) is 0 Å². The summed E-state index contributed by atoms with van der Waals surface area (Å²) in [4.78, 5) is 24.5. The zero-order valence-electron chi connectivity index (χ0n) is 11.2. The summed E-state index contributed by atoms with van der Waals surface area (Å²) >= 11 is 0. The molecule has 2 atom stereocenters. The minimum absolute atomic E-state index is 0.0194. The maximum Gasteiger partial charge on any atom is 0.416 e. The van der Waals surface area contributed by atoms with Crippen LogP contribution in [0.4, 0.5) is 13.2 Å². The molecule has 0 aliphatic carbocycles. The molecular formula is C14H14F3NO3. The molecule has 1 aliphatic heterocycles. The highest BCUT2D eigenvalue weighted by Crippen LogP contribution is 2.30. The quantitative estimate of drug-likeness (QED) is 0.913. The van der Waals surface area contributed by atoms with Crippen molar-refractivity contribution in [2.45, 2.75) is 13.1 Å². The lowest BCUT2D eigenvalue weighted by Crippen LogP contribution is -2.30. The van der Waals surface area contributed by atoms with Gasteiger partial charge in [0.25, 0.3) is 5.91 Å². The second-order valence-corrected chi connectivity index (χ2v) is 5.21. The van der Waals surface area contributed by atoms with Crippen LogP contribution >= 0.6 is 0 Å². The van der Waals surface area contributed by atoms with Gasteiger partial charge in [-0.05, 0) is 24.1 Å². The maximum absolute atomic E-state index is 12.6. The van der Waals surface area contributed by atoms with E-state index in [1.54, 1.807) is 6.92 Å². The van der Waals surface area contributed by atoms with Gasteiger partial charge >= 0.3 is 12.1 Å². The number of carboxylic acid groups (broad SMARTS) is 1. The molecule has 0 saturated carbocycles. The lowest BCUT2D eigenvalue weighted by molar-refractivity contribution is -0.142. The summed E-state index contributed by atoms with van der Waals surface area (Å²) in [6.07, 6.45) is -4.52. The van der Waals surface area contributed by atoms with Crippen molar-refractivity contribution >= 4 is 11.9 Å². The number of nitrogens with zero attached hydrogens (tertiary/aromatic N) is 1. The van der Waals surface area contributed by atoms with Gasteiger partial charge in [-0.1, -0.05) is 13.0 Å². The molecule has 0 aromatic heterocycles. The summed E-state index contributed by atoms with van der Waals surface area (Å²) in [7, 11) is 0. The van der Waals surface area contributed by atoms with E-state index in [4.69, 9.17) is 5.11 Å². The van der Waals surface area contributed by atoms with Crippen LogP contribution in [0.25, 0.3) is 0 Å². The molecule has 1 heterocycles. The third-order valence-corrected chi connectivity index (χ3v) is 3.65. The van der Waals surface area contributed by atoms with Crippen molar-refractivity contribution in [3.05, 3.63) is 35.4 Å². The van der Waals surface area contributed by atoms with Crippen molar-refractivity contribution in [2.75, 3.05) is 13.1 Å². The lowest BCUT2D eigenvalue weighted by atomic mass is 9.99. The smallest absolute Gasteiger partial charge is 0.416 e. The second kappa shape index (κ2) is 5.38. The predicted octanol–water partition coefficient (Wildman–Crippen LogP) is 2.50. The number of benzene rings is 1. The van der Waals surface area contributed by atoms with E-state index in [1.165, 1.54) is 17.0 Å². The minimum Gasteiger partial charge on any atom is -0.481 e. The zero-order valence-corrected chi connectivity index (χ0v) is 11.2. The summed E-state index contributed by atoms with van der Waals surface area (Å²) < 4.78 is 37.9. The Labute approximate surface area is 119 Å². The van der Waals surface area contributed by atoms with E-state index in [9.17, 15) is 22.8 Å². The Bertz CT molecular complexity index is 571. The van der Waals surface area contributed by atoms with E-state index in [-0.39, 0.29) is 24.6 Å². The first-order chi connectivity index (χ1) is 9.70.